The first kappa shape index (κ1) is 8.73. The van der Waals surface area contributed by atoms with E-state index in [9.17, 15) is 0 Å². The van der Waals surface area contributed by atoms with Gasteiger partial charge in [-0.3, -0.25) is 0 Å². The maximum Gasteiger partial charge on any atom is 0.147 e. The van der Waals surface area contributed by atoms with Crippen molar-refractivity contribution >= 4 is 23.3 Å². The molecule has 3 rings (SSSR count). The number of hydrogen-bond donors (Lipinski definition) is 1. The molecule has 74 valence electrons. The molecule has 1 N–H and O–H groups in total. The quantitative estimate of drug-likeness (QED) is 0.625. The Labute approximate surface area is 92.0 Å². The molecule has 2 heterocycles. The lowest BCUT2D eigenvalue weighted by Gasteiger charge is -2.19. The van der Waals surface area contributed by atoms with Gasteiger partial charge >= 0.3 is 0 Å². The number of nitrogens with one attached hydrogen (secondary N) is 1. The Bertz CT molecular complexity index is 525. The second kappa shape index (κ2) is 3.24. The molecule has 0 amide bonds. The molecule has 0 spiro atoms. The molecule has 3 nitrogen and oxygen atoms in total. The van der Waals surface area contributed by atoms with Crippen molar-refractivity contribution < 1.29 is 0 Å². The van der Waals surface area contributed by atoms with Gasteiger partial charge in [-0.05, 0) is 24.6 Å². The van der Waals surface area contributed by atoms with Gasteiger partial charge < -0.3 is 5.32 Å². The topological polar surface area (TPSA) is 37.8 Å². The molecule has 0 radical (unpaired) electrons. The maximum atomic E-state index is 4.20. The van der Waals surface area contributed by atoms with Crippen LogP contribution in [0.3, 0.4) is 0 Å². The predicted molar refractivity (Wildman–Crippen MR) is 60.6 cm³/mol. The van der Waals surface area contributed by atoms with Crippen molar-refractivity contribution in [3.05, 3.63) is 36.3 Å². The number of hydrogen-bond acceptors (Lipinski definition) is 4. The third-order valence-electron chi connectivity index (χ3n) is 2.29. The second-order valence-corrected chi connectivity index (χ2v) is 4.55. The van der Waals surface area contributed by atoms with E-state index in [0.29, 0.717) is 0 Å². The lowest BCUT2D eigenvalue weighted by Crippen LogP contribution is -2.02. The molecule has 1 aromatic carbocycles. The molecule has 1 aliphatic rings. The number of benzene rings is 1. The fraction of sp³-hybridized carbons (Fsp3) is 0.0909. The van der Waals surface area contributed by atoms with Gasteiger partial charge in [0.1, 0.15) is 12.1 Å². The minimum Gasteiger partial charge on any atom is -0.338 e. The molecule has 0 unspecified atom stereocenters. The van der Waals surface area contributed by atoms with E-state index in [4.69, 9.17) is 0 Å². The zero-order valence-corrected chi connectivity index (χ0v) is 9.01. The molecule has 15 heavy (non-hydrogen) atoms. The molecular weight excluding hydrogens is 206 g/mol. The highest BCUT2D eigenvalue weighted by atomic mass is 32.2. The van der Waals surface area contributed by atoms with Gasteiger partial charge in [0.05, 0.1) is 10.6 Å². The first-order valence-corrected chi connectivity index (χ1v) is 5.50. The van der Waals surface area contributed by atoms with Crippen LogP contribution in [0.1, 0.15) is 5.56 Å². The van der Waals surface area contributed by atoms with E-state index in [-0.39, 0.29) is 0 Å². The van der Waals surface area contributed by atoms with Gasteiger partial charge in [0.15, 0.2) is 0 Å². The lowest BCUT2D eigenvalue weighted by atomic mass is 10.2. The third-order valence-corrected chi connectivity index (χ3v) is 3.38. The van der Waals surface area contributed by atoms with Crippen LogP contribution in [0.5, 0.6) is 0 Å². The molecule has 4 heteroatoms. The first-order valence-electron chi connectivity index (χ1n) is 4.68. The summed E-state index contributed by atoms with van der Waals surface area (Å²) in [6, 6.07) is 6.37. The van der Waals surface area contributed by atoms with Crippen LogP contribution in [0.2, 0.25) is 0 Å². The minimum absolute atomic E-state index is 0.896. The van der Waals surface area contributed by atoms with Crippen LogP contribution in [0.25, 0.3) is 0 Å². The maximum absolute atomic E-state index is 4.20. The number of nitrogens with zero attached hydrogens (tertiary/aromatic N) is 2. The highest BCUT2D eigenvalue weighted by Gasteiger charge is 2.15. The van der Waals surface area contributed by atoms with Gasteiger partial charge in [-0.15, -0.1) is 0 Å². The van der Waals surface area contributed by atoms with E-state index in [0.717, 1.165) is 16.4 Å². The van der Waals surface area contributed by atoms with Gasteiger partial charge in [0.2, 0.25) is 0 Å². The Morgan fingerprint density at radius 1 is 1.27 bits per heavy atom. The SMILES string of the molecule is Cc1ccc2c(c1)Nc1ncncc1S2. The standard InChI is InChI=1S/C11H9N3S/c1-7-2-3-9-8(4-7)14-11-10(15-9)5-12-6-13-11/h2-6H,1H3,(H,12,13,14). The van der Waals surface area contributed by atoms with Crippen molar-refractivity contribution in [2.24, 2.45) is 0 Å². The number of fused-ring (bicyclic) bond motifs is 2. The van der Waals surface area contributed by atoms with Gasteiger partial charge in [-0.25, -0.2) is 9.97 Å². The van der Waals surface area contributed by atoms with Crippen LogP contribution in [0, 0.1) is 6.92 Å². The molecule has 0 saturated carbocycles. The van der Waals surface area contributed by atoms with E-state index in [1.807, 2.05) is 6.20 Å². The Morgan fingerprint density at radius 3 is 3.13 bits per heavy atom. The van der Waals surface area contributed by atoms with Gasteiger partial charge in [-0.1, -0.05) is 17.8 Å². The molecule has 1 aliphatic heterocycles. The smallest absolute Gasteiger partial charge is 0.147 e. The highest BCUT2D eigenvalue weighted by Crippen LogP contribution is 2.42. The third kappa shape index (κ3) is 1.47. The van der Waals surface area contributed by atoms with E-state index < -0.39 is 0 Å². The van der Waals surface area contributed by atoms with Crippen molar-refractivity contribution in [1.82, 2.24) is 9.97 Å². The van der Waals surface area contributed by atoms with Gasteiger partial charge in [0, 0.05) is 11.1 Å². The monoisotopic (exact) mass is 215 g/mol. The molecule has 0 aliphatic carbocycles. The zero-order valence-electron chi connectivity index (χ0n) is 8.19. The Balaban J connectivity index is 2.11. The molecule has 0 bridgehead atoms. The van der Waals surface area contributed by atoms with Crippen LogP contribution >= 0.6 is 11.8 Å². The summed E-state index contributed by atoms with van der Waals surface area (Å²) in [4.78, 5) is 10.5. The summed E-state index contributed by atoms with van der Waals surface area (Å²) in [6.07, 6.45) is 3.40. The summed E-state index contributed by atoms with van der Waals surface area (Å²) >= 11 is 1.70. The molecule has 0 fully saturated rings. The molecule has 0 saturated heterocycles. The first-order chi connectivity index (χ1) is 7.33. The van der Waals surface area contributed by atoms with E-state index in [1.54, 1.807) is 18.1 Å². The molecular formula is C11H9N3S. The Kier molecular flexibility index (Phi) is 1.89. The van der Waals surface area contributed by atoms with Crippen molar-refractivity contribution in [1.29, 1.82) is 0 Å². The van der Waals surface area contributed by atoms with Crippen LogP contribution < -0.4 is 5.32 Å². The predicted octanol–water partition coefficient (Wildman–Crippen LogP) is 2.99. The van der Waals surface area contributed by atoms with E-state index in [1.165, 1.54) is 10.5 Å². The van der Waals surface area contributed by atoms with Crippen LogP contribution in [0.4, 0.5) is 11.5 Å². The van der Waals surface area contributed by atoms with Crippen molar-refractivity contribution in [2.75, 3.05) is 5.32 Å². The summed E-state index contributed by atoms with van der Waals surface area (Å²) in [5.41, 5.74) is 2.38. The zero-order chi connectivity index (χ0) is 10.3. The van der Waals surface area contributed by atoms with Crippen LogP contribution in [-0.2, 0) is 0 Å². The second-order valence-electron chi connectivity index (χ2n) is 3.46. The number of anilines is 2. The van der Waals surface area contributed by atoms with Crippen molar-refractivity contribution in [3.63, 3.8) is 0 Å². The van der Waals surface area contributed by atoms with E-state index in [2.05, 4.69) is 40.4 Å². The largest absolute Gasteiger partial charge is 0.338 e. The normalized spacial score (nSPS) is 12.6. The molecule has 1 aromatic heterocycles. The highest BCUT2D eigenvalue weighted by molar-refractivity contribution is 7.99. The average molecular weight is 215 g/mol. The average Bonchev–Trinajstić information content (AvgIpc) is 2.26. The van der Waals surface area contributed by atoms with Crippen LogP contribution in [-0.4, -0.2) is 9.97 Å². The summed E-state index contributed by atoms with van der Waals surface area (Å²) in [5.74, 6) is 0.896. The lowest BCUT2D eigenvalue weighted by molar-refractivity contribution is 1.09. The number of aryl methyl sites for hydroxylation is 1. The van der Waals surface area contributed by atoms with Gasteiger partial charge in [0.25, 0.3) is 0 Å². The summed E-state index contributed by atoms with van der Waals surface area (Å²) in [6.45, 7) is 2.09. The fourth-order valence-corrected chi connectivity index (χ4v) is 2.47. The van der Waals surface area contributed by atoms with Crippen molar-refractivity contribution in [2.45, 2.75) is 16.7 Å². The molecule has 0 atom stereocenters. The Morgan fingerprint density at radius 2 is 2.20 bits per heavy atom. The van der Waals surface area contributed by atoms with Crippen LogP contribution in [0.15, 0.2) is 40.5 Å². The summed E-state index contributed by atoms with van der Waals surface area (Å²) in [7, 11) is 0. The Hall–Kier alpha value is -1.55. The summed E-state index contributed by atoms with van der Waals surface area (Å²) in [5, 5.41) is 3.31. The number of rotatable bonds is 0. The fourth-order valence-electron chi connectivity index (χ4n) is 1.56. The van der Waals surface area contributed by atoms with Gasteiger partial charge in [-0.2, -0.15) is 0 Å². The van der Waals surface area contributed by atoms with E-state index >= 15 is 0 Å². The number of aromatic nitrogens is 2. The molecule has 2 aromatic rings. The minimum atomic E-state index is 0.896. The summed E-state index contributed by atoms with van der Waals surface area (Å²) < 4.78 is 0. The van der Waals surface area contributed by atoms with Crippen molar-refractivity contribution in [3.8, 4) is 0 Å².